The number of amides is 2. The Balaban J connectivity index is 1.88. The molecule has 0 atom stereocenters. The molecule has 21 heavy (non-hydrogen) atoms. The highest BCUT2D eigenvalue weighted by atomic mass is 35.5. The number of carboxylic acid groups (broad SMARTS) is 1. The zero-order valence-corrected chi connectivity index (χ0v) is 12.2. The number of carbonyl (C=O) groups is 2. The third-order valence-corrected chi connectivity index (χ3v) is 3.56. The number of halogens is 1. The molecule has 0 spiro atoms. The van der Waals surface area contributed by atoms with Crippen LogP contribution in [0.25, 0.3) is 0 Å². The van der Waals surface area contributed by atoms with E-state index in [1.807, 2.05) is 0 Å². The van der Waals surface area contributed by atoms with Gasteiger partial charge in [0.1, 0.15) is 0 Å². The van der Waals surface area contributed by atoms with Crippen LogP contribution in [0.3, 0.4) is 0 Å². The summed E-state index contributed by atoms with van der Waals surface area (Å²) in [5.41, 5.74) is 1.56. The second kappa shape index (κ2) is 7.13. The standard InChI is InChI=1S/C15H17ClN2O3/c16-11-5-6-13(12(9-11)14(19)20)18-15(21)17-8-7-10-3-1-2-4-10/h3,5-6,9H,1-2,4,7-8H2,(H,19,20)(H2,17,18,21). The number of urea groups is 1. The van der Waals surface area contributed by atoms with E-state index in [2.05, 4.69) is 16.7 Å². The van der Waals surface area contributed by atoms with Crippen molar-refractivity contribution in [2.24, 2.45) is 0 Å². The molecule has 1 aliphatic rings. The Labute approximate surface area is 128 Å². The lowest BCUT2D eigenvalue weighted by Gasteiger charge is -2.10. The number of hydrogen-bond acceptors (Lipinski definition) is 2. The van der Waals surface area contributed by atoms with E-state index in [0.717, 1.165) is 19.3 Å². The van der Waals surface area contributed by atoms with Crippen LogP contribution in [0.1, 0.15) is 36.0 Å². The first-order valence-corrected chi connectivity index (χ1v) is 7.19. The number of anilines is 1. The molecule has 5 nitrogen and oxygen atoms in total. The van der Waals surface area contributed by atoms with Crippen LogP contribution in [0.2, 0.25) is 5.02 Å². The van der Waals surface area contributed by atoms with Gasteiger partial charge in [-0.3, -0.25) is 0 Å². The molecular formula is C15H17ClN2O3. The largest absolute Gasteiger partial charge is 0.478 e. The predicted molar refractivity (Wildman–Crippen MR) is 82.0 cm³/mol. The number of allylic oxidation sites excluding steroid dienone is 1. The van der Waals surface area contributed by atoms with Crippen LogP contribution < -0.4 is 10.6 Å². The molecule has 3 N–H and O–H groups in total. The Hall–Kier alpha value is -2.01. The molecule has 6 heteroatoms. The van der Waals surface area contributed by atoms with E-state index in [-0.39, 0.29) is 11.3 Å². The van der Waals surface area contributed by atoms with Crippen molar-refractivity contribution in [3.8, 4) is 0 Å². The third kappa shape index (κ3) is 4.49. The Morgan fingerprint density at radius 2 is 2.14 bits per heavy atom. The van der Waals surface area contributed by atoms with Crippen LogP contribution in [-0.4, -0.2) is 23.7 Å². The van der Waals surface area contributed by atoms with E-state index >= 15 is 0 Å². The van der Waals surface area contributed by atoms with Crippen molar-refractivity contribution in [2.45, 2.75) is 25.7 Å². The minimum atomic E-state index is -1.14. The van der Waals surface area contributed by atoms with Gasteiger partial charge in [-0.1, -0.05) is 23.3 Å². The topological polar surface area (TPSA) is 78.4 Å². The van der Waals surface area contributed by atoms with Crippen LogP contribution in [-0.2, 0) is 0 Å². The van der Waals surface area contributed by atoms with Crippen molar-refractivity contribution < 1.29 is 14.7 Å². The molecule has 112 valence electrons. The van der Waals surface area contributed by atoms with Crippen LogP contribution in [0.4, 0.5) is 10.5 Å². The van der Waals surface area contributed by atoms with Gasteiger partial charge in [0.15, 0.2) is 0 Å². The van der Waals surface area contributed by atoms with Crippen LogP contribution in [0.5, 0.6) is 0 Å². The van der Waals surface area contributed by atoms with Crippen molar-refractivity contribution in [3.05, 3.63) is 40.4 Å². The van der Waals surface area contributed by atoms with Crippen LogP contribution >= 0.6 is 11.6 Å². The third-order valence-electron chi connectivity index (χ3n) is 3.33. The number of carbonyl (C=O) groups excluding carboxylic acids is 1. The first-order valence-electron chi connectivity index (χ1n) is 6.82. The second-order valence-electron chi connectivity index (χ2n) is 4.88. The first kappa shape index (κ1) is 15.4. The highest BCUT2D eigenvalue weighted by molar-refractivity contribution is 6.31. The normalized spacial score (nSPS) is 13.7. The first-order chi connectivity index (χ1) is 10.1. The summed E-state index contributed by atoms with van der Waals surface area (Å²) < 4.78 is 0. The Bertz CT molecular complexity index is 584. The minimum absolute atomic E-state index is 0.0313. The minimum Gasteiger partial charge on any atom is -0.478 e. The molecule has 2 amide bonds. The lowest BCUT2D eigenvalue weighted by Crippen LogP contribution is -2.30. The van der Waals surface area contributed by atoms with E-state index in [4.69, 9.17) is 16.7 Å². The highest BCUT2D eigenvalue weighted by Crippen LogP contribution is 2.21. The van der Waals surface area contributed by atoms with Crippen LogP contribution in [0, 0.1) is 0 Å². The average Bonchev–Trinajstić information content (AvgIpc) is 2.94. The number of benzene rings is 1. The zero-order valence-electron chi connectivity index (χ0n) is 11.5. The van der Waals surface area contributed by atoms with Crippen molar-refractivity contribution >= 4 is 29.3 Å². The van der Waals surface area contributed by atoms with E-state index in [1.54, 1.807) is 0 Å². The quantitative estimate of drug-likeness (QED) is 0.726. The lowest BCUT2D eigenvalue weighted by atomic mass is 10.1. The van der Waals surface area contributed by atoms with Gasteiger partial charge in [0.05, 0.1) is 11.3 Å². The second-order valence-corrected chi connectivity index (χ2v) is 5.32. The maximum absolute atomic E-state index is 11.8. The van der Waals surface area contributed by atoms with E-state index in [9.17, 15) is 9.59 Å². The van der Waals surface area contributed by atoms with Gasteiger partial charge < -0.3 is 15.7 Å². The molecule has 0 saturated carbocycles. The predicted octanol–water partition coefficient (Wildman–Crippen LogP) is 3.66. The monoisotopic (exact) mass is 308 g/mol. The molecule has 2 rings (SSSR count). The molecule has 0 bridgehead atoms. The summed E-state index contributed by atoms with van der Waals surface area (Å²) in [6.07, 6.45) is 6.45. The summed E-state index contributed by atoms with van der Waals surface area (Å²) in [4.78, 5) is 22.9. The molecule has 1 aromatic rings. The summed E-state index contributed by atoms with van der Waals surface area (Å²) in [5.74, 6) is -1.14. The fraction of sp³-hybridized carbons (Fsp3) is 0.333. The van der Waals surface area contributed by atoms with Crippen LogP contribution in [0.15, 0.2) is 29.8 Å². The summed E-state index contributed by atoms with van der Waals surface area (Å²) in [6.45, 7) is 0.535. The summed E-state index contributed by atoms with van der Waals surface area (Å²) in [5, 5.41) is 14.7. The maximum Gasteiger partial charge on any atom is 0.337 e. The Morgan fingerprint density at radius 3 is 2.81 bits per heavy atom. The van der Waals surface area contributed by atoms with Crippen molar-refractivity contribution in [1.82, 2.24) is 5.32 Å². The fourth-order valence-electron chi connectivity index (χ4n) is 2.27. The SMILES string of the molecule is O=C(NCCC1=CCCC1)Nc1ccc(Cl)cc1C(=O)O. The van der Waals surface area contributed by atoms with Gasteiger partial charge in [-0.2, -0.15) is 0 Å². The maximum atomic E-state index is 11.8. The molecule has 0 fully saturated rings. The highest BCUT2D eigenvalue weighted by Gasteiger charge is 2.13. The number of hydrogen-bond donors (Lipinski definition) is 3. The molecule has 0 aromatic heterocycles. The number of aromatic carboxylic acids is 1. The number of carboxylic acids is 1. The molecule has 0 heterocycles. The molecule has 1 aliphatic carbocycles. The summed E-state index contributed by atoms with van der Waals surface area (Å²) in [6, 6.07) is 3.90. The number of rotatable bonds is 5. The van der Waals surface area contributed by atoms with Crippen molar-refractivity contribution in [3.63, 3.8) is 0 Å². The smallest absolute Gasteiger partial charge is 0.337 e. The molecule has 0 unspecified atom stereocenters. The average molecular weight is 309 g/mol. The van der Waals surface area contributed by atoms with Gasteiger partial charge in [-0.25, -0.2) is 9.59 Å². The van der Waals surface area contributed by atoms with Crippen molar-refractivity contribution in [1.29, 1.82) is 0 Å². The van der Waals surface area contributed by atoms with Crippen molar-refractivity contribution in [2.75, 3.05) is 11.9 Å². The van der Waals surface area contributed by atoms with Gasteiger partial charge >= 0.3 is 12.0 Å². The summed E-state index contributed by atoms with van der Waals surface area (Å²) in [7, 11) is 0. The zero-order chi connectivity index (χ0) is 15.2. The molecule has 1 aromatic carbocycles. The molecule has 0 saturated heterocycles. The number of nitrogens with one attached hydrogen (secondary N) is 2. The fourth-order valence-corrected chi connectivity index (χ4v) is 2.44. The van der Waals surface area contributed by atoms with E-state index < -0.39 is 12.0 Å². The van der Waals surface area contributed by atoms with Gasteiger partial charge in [0, 0.05) is 11.6 Å². The van der Waals surface area contributed by atoms with Gasteiger partial charge in [0.25, 0.3) is 0 Å². The van der Waals surface area contributed by atoms with Gasteiger partial charge in [-0.15, -0.1) is 0 Å². The Kier molecular flexibility index (Phi) is 5.22. The molecular weight excluding hydrogens is 292 g/mol. The lowest BCUT2D eigenvalue weighted by molar-refractivity contribution is 0.0698. The Morgan fingerprint density at radius 1 is 1.33 bits per heavy atom. The van der Waals surface area contributed by atoms with Gasteiger partial charge in [0.2, 0.25) is 0 Å². The van der Waals surface area contributed by atoms with E-state index in [0.29, 0.717) is 11.6 Å². The molecule has 0 radical (unpaired) electrons. The van der Waals surface area contributed by atoms with Gasteiger partial charge in [-0.05, 0) is 43.9 Å². The van der Waals surface area contributed by atoms with E-state index in [1.165, 1.54) is 30.2 Å². The summed E-state index contributed by atoms with van der Waals surface area (Å²) >= 11 is 5.76. The molecule has 0 aliphatic heterocycles.